The van der Waals surface area contributed by atoms with E-state index in [9.17, 15) is 10.1 Å². The molecule has 3 aromatic carbocycles. The Morgan fingerprint density at radius 3 is 2.40 bits per heavy atom. The first-order chi connectivity index (χ1) is 17.1. The van der Waals surface area contributed by atoms with Crippen LogP contribution in [0.25, 0.3) is 22.4 Å². The molecule has 0 bridgehead atoms. The molecule has 4 aromatic rings. The van der Waals surface area contributed by atoms with Gasteiger partial charge in [0.1, 0.15) is 16.8 Å². The first-order valence-electron chi connectivity index (χ1n) is 10.9. The van der Waals surface area contributed by atoms with E-state index in [4.69, 9.17) is 9.72 Å². The van der Waals surface area contributed by atoms with Gasteiger partial charge in [-0.15, -0.1) is 11.8 Å². The van der Waals surface area contributed by atoms with E-state index in [0.717, 1.165) is 38.3 Å². The van der Waals surface area contributed by atoms with Crippen molar-refractivity contribution in [2.24, 2.45) is 0 Å². The van der Waals surface area contributed by atoms with Crippen molar-refractivity contribution < 1.29 is 9.53 Å². The number of ether oxygens (including phenoxy) is 1. The van der Waals surface area contributed by atoms with E-state index in [1.165, 1.54) is 11.8 Å². The number of aromatic nitrogens is 1. The van der Waals surface area contributed by atoms with Crippen molar-refractivity contribution >= 4 is 39.3 Å². The number of methoxy groups -OCH3 is 1. The first kappa shape index (κ1) is 24.5. The topological polar surface area (TPSA) is 75.0 Å². The summed E-state index contributed by atoms with van der Waals surface area (Å²) in [5, 5.41) is 13.5. The van der Waals surface area contributed by atoms with Crippen molar-refractivity contribution in [3.05, 3.63) is 95.0 Å². The zero-order valence-electron chi connectivity index (χ0n) is 19.0. The monoisotopic (exact) mass is 543 g/mol. The summed E-state index contributed by atoms with van der Waals surface area (Å²) < 4.78 is 6.23. The maximum absolute atomic E-state index is 12.4. The van der Waals surface area contributed by atoms with Crippen LogP contribution in [-0.2, 0) is 4.79 Å². The van der Waals surface area contributed by atoms with Crippen LogP contribution < -0.4 is 10.1 Å². The van der Waals surface area contributed by atoms with Gasteiger partial charge >= 0.3 is 0 Å². The summed E-state index contributed by atoms with van der Waals surface area (Å²) in [7, 11) is 1.62. The van der Waals surface area contributed by atoms with E-state index in [-0.39, 0.29) is 5.91 Å². The fraction of sp³-hybridized carbons (Fsp3) is 0.107. The predicted octanol–water partition coefficient (Wildman–Crippen LogP) is 7.18. The highest BCUT2D eigenvalue weighted by Gasteiger charge is 2.16. The predicted molar refractivity (Wildman–Crippen MR) is 144 cm³/mol. The second kappa shape index (κ2) is 11.7. The van der Waals surface area contributed by atoms with Gasteiger partial charge in [-0.05, 0) is 48.0 Å². The molecule has 0 aliphatic rings. The Balaban J connectivity index is 1.60. The number of anilines is 1. The molecule has 35 heavy (non-hydrogen) atoms. The third-order valence-corrected chi connectivity index (χ3v) is 6.77. The van der Waals surface area contributed by atoms with Crippen LogP contribution in [0.4, 0.5) is 5.69 Å². The van der Waals surface area contributed by atoms with Crippen molar-refractivity contribution in [2.75, 3.05) is 18.2 Å². The van der Waals surface area contributed by atoms with Crippen molar-refractivity contribution in [1.29, 1.82) is 5.26 Å². The number of hydrogen-bond acceptors (Lipinski definition) is 5. The normalized spacial score (nSPS) is 10.4. The number of halogens is 1. The fourth-order valence-corrected chi connectivity index (χ4v) is 4.69. The molecule has 0 atom stereocenters. The number of carbonyl (C=O) groups is 1. The largest absolute Gasteiger partial charge is 0.497 e. The summed E-state index contributed by atoms with van der Waals surface area (Å²) in [5.41, 5.74) is 4.67. The summed E-state index contributed by atoms with van der Waals surface area (Å²) in [4.78, 5) is 17.2. The molecule has 0 aliphatic heterocycles. The molecule has 5 nitrogen and oxygen atoms in total. The maximum atomic E-state index is 12.4. The van der Waals surface area contributed by atoms with Crippen LogP contribution in [0.15, 0.2) is 94.4 Å². The van der Waals surface area contributed by atoms with Crippen molar-refractivity contribution in [2.45, 2.75) is 11.4 Å². The van der Waals surface area contributed by atoms with Gasteiger partial charge in [0.25, 0.3) is 0 Å². The molecule has 7 heteroatoms. The molecule has 0 unspecified atom stereocenters. The molecule has 0 saturated heterocycles. The number of nitrogens with zero attached hydrogens (tertiary/aromatic N) is 2. The van der Waals surface area contributed by atoms with Crippen LogP contribution >= 0.6 is 27.7 Å². The van der Waals surface area contributed by atoms with Gasteiger partial charge in [0.15, 0.2) is 0 Å². The van der Waals surface area contributed by atoms with E-state index in [1.807, 2.05) is 84.9 Å². The van der Waals surface area contributed by atoms with Gasteiger partial charge in [0.05, 0.1) is 18.4 Å². The highest BCUT2D eigenvalue weighted by atomic mass is 79.9. The summed E-state index contributed by atoms with van der Waals surface area (Å²) in [5.74, 6) is 1.15. The molecule has 0 fully saturated rings. The number of thioether (sulfide) groups is 1. The number of amides is 1. The Bertz CT molecular complexity index is 1350. The molecule has 1 aromatic heterocycles. The second-order valence-corrected chi connectivity index (χ2v) is 9.59. The number of nitrogens with one attached hydrogen (secondary N) is 1. The fourth-order valence-electron chi connectivity index (χ4n) is 3.49. The second-order valence-electron chi connectivity index (χ2n) is 7.60. The quantitative estimate of drug-likeness (QED) is 0.238. The van der Waals surface area contributed by atoms with E-state index in [0.29, 0.717) is 22.8 Å². The number of carbonyl (C=O) groups excluding carboxylic acids is 1. The highest BCUT2D eigenvalue weighted by molar-refractivity contribution is 9.10. The summed E-state index contributed by atoms with van der Waals surface area (Å²) in [6, 6.07) is 29.2. The lowest BCUT2D eigenvalue weighted by Gasteiger charge is -2.13. The molecule has 0 spiro atoms. The van der Waals surface area contributed by atoms with E-state index < -0.39 is 0 Å². The molecule has 0 saturated carbocycles. The third kappa shape index (κ3) is 6.30. The van der Waals surface area contributed by atoms with Gasteiger partial charge in [0, 0.05) is 33.5 Å². The minimum Gasteiger partial charge on any atom is -0.497 e. The standard InChI is InChI=1S/C28H22BrN3O2S/c1-34-23-13-7-19(8-14-23)24-17-26(20-5-3-2-4-6-20)32-28(25(24)18-30)35-16-15-27(33)31-22-11-9-21(29)10-12-22/h2-14,17H,15-16H2,1H3,(H,31,33). The Kier molecular flexibility index (Phi) is 8.19. The highest BCUT2D eigenvalue weighted by Crippen LogP contribution is 2.35. The van der Waals surface area contributed by atoms with Gasteiger partial charge in [-0.2, -0.15) is 5.26 Å². The molecular weight excluding hydrogens is 522 g/mol. The van der Waals surface area contributed by atoms with Gasteiger partial charge in [-0.25, -0.2) is 4.98 Å². The summed E-state index contributed by atoms with van der Waals surface area (Å²) in [6.45, 7) is 0. The van der Waals surface area contributed by atoms with Crippen LogP contribution in [-0.4, -0.2) is 23.8 Å². The lowest BCUT2D eigenvalue weighted by Crippen LogP contribution is -2.12. The molecule has 0 aliphatic carbocycles. The molecule has 174 valence electrons. The molecule has 1 heterocycles. The first-order valence-corrected chi connectivity index (χ1v) is 12.7. The summed E-state index contributed by atoms with van der Waals surface area (Å²) in [6.07, 6.45) is 0.292. The van der Waals surface area contributed by atoms with Crippen LogP contribution in [0.5, 0.6) is 5.75 Å². The number of hydrogen-bond donors (Lipinski definition) is 1. The average Bonchev–Trinajstić information content (AvgIpc) is 2.90. The van der Waals surface area contributed by atoms with Crippen LogP contribution in [0.1, 0.15) is 12.0 Å². The molecule has 1 N–H and O–H groups in total. The van der Waals surface area contributed by atoms with Gasteiger partial charge in [-0.3, -0.25) is 4.79 Å². The zero-order valence-corrected chi connectivity index (χ0v) is 21.4. The van der Waals surface area contributed by atoms with Gasteiger partial charge < -0.3 is 10.1 Å². The van der Waals surface area contributed by atoms with Crippen molar-refractivity contribution in [1.82, 2.24) is 4.98 Å². The number of benzene rings is 3. The minimum atomic E-state index is -0.0899. The number of rotatable bonds is 8. The molecule has 0 radical (unpaired) electrons. The molecule has 4 rings (SSSR count). The average molecular weight is 544 g/mol. The van der Waals surface area contributed by atoms with Gasteiger partial charge in [0.2, 0.25) is 5.91 Å². The van der Waals surface area contributed by atoms with E-state index >= 15 is 0 Å². The minimum absolute atomic E-state index is 0.0899. The SMILES string of the molecule is COc1ccc(-c2cc(-c3ccccc3)nc(SCCC(=O)Nc3ccc(Br)cc3)c2C#N)cc1. The van der Waals surface area contributed by atoms with Crippen LogP contribution in [0.3, 0.4) is 0 Å². The smallest absolute Gasteiger partial charge is 0.225 e. The lowest BCUT2D eigenvalue weighted by molar-refractivity contribution is -0.115. The Labute approximate surface area is 217 Å². The Morgan fingerprint density at radius 2 is 1.74 bits per heavy atom. The van der Waals surface area contributed by atoms with Gasteiger partial charge in [-0.1, -0.05) is 58.4 Å². The number of nitriles is 1. The van der Waals surface area contributed by atoms with Crippen LogP contribution in [0, 0.1) is 11.3 Å². The Hall–Kier alpha value is -3.60. The van der Waals surface area contributed by atoms with E-state index in [1.54, 1.807) is 7.11 Å². The third-order valence-electron chi connectivity index (χ3n) is 5.26. The molecule has 1 amide bonds. The summed E-state index contributed by atoms with van der Waals surface area (Å²) >= 11 is 4.80. The number of pyridine rings is 1. The van der Waals surface area contributed by atoms with Crippen molar-refractivity contribution in [3.8, 4) is 34.2 Å². The van der Waals surface area contributed by atoms with E-state index in [2.05, 4.69) is 27.3 Å². The molecular formula is C28H22BrN3O2S. The lowest BCUT2D eigenvalue weighted by atomic mass is 9.99. The zero-order chi connectivity index (χ0) is 24.6. The maximum Gasteiger partial charge on any atom is 0.225 e. The van der Waals surface area contributed by atoms with Crippen LogP contribution in [0.2, 0.25) is 0 Å². The van der Waals surface area contributed by atoms with Crippen molar-refractivity contribution in [3.63, 3.8) is 0 Å². The Morgan fingerprint density at radius 1 is 1.03 bits per heavy atom.